The Morgan fingerprint density at radius 2 is 1.98 bits per heavy atom. The molecule has 4 aromatic rings. The van der Waals surface area contributed by atoms with Gasteiger partial charge in [0.25, 0.3) is 0 Å². The van der Waals surface area contributed by atoms with Gasteiger partial charge in [-0.3, -0.25) is 14.5 Å². The molecular weight excluding hydrogens is 590 g/mol. The molecule has 4 atom stereocenters. The average Bonchev–Trinajstić information content (AvgIpc) is 3.58. The van der Waals surface area contributed by atoms with Gasteiger partial charge in [0.15, 0.2) is 0 Å². The van der Waals surface area contributed by atoms with E-state index in [4.69, 9.17) is 32.9 Å². The number of hydrogen-bond donors (Lipinski definition) is 1. The number of benzene rings is 3. The van der Waals surface area contributed by atoms with E-state index in [-0.39, 0.29) is 35.3 Å². The molecule has 0 unspecified atom stereocenters. The van der Waals surface area contributed by atoms with Crippen LogP contribution in [0.3, 0.4) is 0 Å². The van der Waals surface area contributed by atoms with Gasteiger partial charge in [-0.25, -0.2) is 9.37 Å². The van der Waals surface area contributed by atoms with Crippen molar-refractivity contribution in [1.29, 1.82) is 0 Å². The van der Waals surface area contributed by atoms with Crippen LogP contribution in [-0.2, 0) is 32.8 Å². The van der Waals surface area contributed by atoms with E-state index in [1.54, 1.807) is 24.3 Å². The van der Waals surface area contributed by atoms with Crippen molar-refractivity contribution in [3.05, 3.63) is 93.0 Å². The van der Waals surface area contributed by atoms with E-state index < -0.39 is 17.3 Å². The lowest BCUT2D eigenvalue weighted by Crippen LogP contribution is -2.53. The minimum atomic E-state index is -1.17. The van der Waals surface area contributed by atoms with Gasteiger partial charge in [0.2, 0.25) is 5.91 Å². The molecule has 3 aromatic carbocycles. The van der Waals surface area contributed by atoms with Crippen LogP contribution in [-0.4, -0.2) is 46.0 Å². The van der Waals surface area contributed by atoms with E-state index in [2.05, 4.69) is 14.8 Å². The number of anilines is 1. The van der Waals surface area contributed by atoms with E-state index in [9.17, 15) is 9.59 Å². The minimum Gasteiger partial charge on any atom is -0.469 e. The van der Waals surface area contributed by atoms with Crippen LogP contribution >= 0.6 is 23.2 Å². The summed E-state index contributed by atoms with van der Waals surface area (Å²) >= 11 is 12.8. The smallest absolute Gasteiger partial charge is 0.309 e. The molecule has 1 saturated heterocycles. The highest BCUT2D eigenvalue weighted by atomic mass is 35.5. The number of carbonyl (C=O) groups is 2. The number of imidazole rings is 1. The van der Waals surface area contributed by atoms with Gasteiger partial charge in [0, 0.05) is 47.2 Å². The van der Waals surface area contributed by atoms with Gasteiger partial charge >= 0.3 is 5.97 Å². The normalized spacial score (nSPS) is 26.0. The van der Waals surface area contributed by atoms with E-state index >= 15 is 4.39 Å². The van der Waals surface area contributed by atoms with E-state index in [1.807, 2.05) is 30.3 Å². The average molecular weight is 620 g/mol. The standard InChI is InChI=1S/C33H29Cl2FN4O3/c1-43-27(41)14-18-7-10-25-24(13-18)37-31-28-26(11-12-39(25)31)40(16-17-5-6-17)33(29(28)20-3-2-4-22(35)30(20)36)21-9-8-19(34)15-23(21)38-32(33)42/h2-4,7-10,13,15,17,26,28-29H,5-6,11-12,14,16H2,1H3,(H,38,42)/t26-,28+,29-,33+/m0/s1. The summed E-state index contributed by atoms with van der Waals surface area (Å²) in [6.07, 6.45) is 3.14. The topological polar surface area (TPSA) is 76.5 Å². The van der Waals surface area contributed by atoms with Crippen LogP contribution in [0.1, 0.15) is 53.6 Å². The maximum Gasteiger partial charge on any atom is 0.309 e. The second kappa shape index (κ2) is 9.78. The van der Waals surface area contributed by atoms with E-state index in [0.29, 0.717) is 28.7 Å². The third-order valence-electron chi connectivity index (χ3n) is 9.90. The summed E-state index contributed by atoms with van der Waals surface area (Å²) in [5.74, 6) is -0.618. The molecule has 4 heterocycles. The van der Waals surface area contributed by atoms with Crippen molar-refractivity contribution in [3.63, 3.8) is 0 Å². The number of hydrogen-bond acceptors (Lipinski definition) is 5. The van der Waals surface area contributed by atoms with Crippen molar-refractivity contribution in [2.24, 2.45) is 5.92 Å². The van der Waals surface area contributed by atoms with Crippen LogP contribution in [0, 0.1) is 11.7 Å². The predicted molar refractivity (Wildman–Crippen MR) is 162 cm³/mol. The fraction of sp³-hybridized carbons (Fsp3) is 0.364. The molecule has 1 saturated carbocycles. The van der Waals surface area contributed by atoms with Gasteiger partial charge in [-0.1, -0.05) is 47.5 Å². The number of esters is 1. The highest BCUT2D eigenvalue weighted by Gasteiger charge is 2.69. The molecule has 1 aliphatic carbocycles. The Morgan fingerprint density at radius 1 is 1.14 bits per heavy atom. The van der Waals surface area contributed by atoms with E-state index in [1.165, 1.54) is 7.11 Å². The second-order valence-electron chi connectivity index (χ2n) is 12.2. The fourth-order valence-corrected chi connectivity index (χ4v) is 8.34. The fourth-order valence-electron chi connectivity index (χ4n) is 7.99. The summed E-state index contributed by atoms with van der Waals surface area (Å²) in [6.45, 7) is 1.44. The van der Waals surface area contributed by atoms with Crippen LogP contribution in [0.15, 0.2) is 54.6 Å². The SMILES string of the molecule is COC(=O)Cc1ccc2c(c1)nc1n2CC[C@H]2[C@@H]1[C@H](c1cccc(Cl)c1F)[C@]1(C(=O)Nc3cc(Cl)ccc31)N2CC1CC1. The van der Waals surface area contributed by atoms with Crippen LogP contribution in [0.5, 0.6) is 0 Å². The first kappa shape index (κ1) is 27.1. The Bertz CT molecular complexity index is 1840. The van der Waals surface area contributed by atoms with Gasteiger partial charge in [0.1, 0.15) is 17.2 Å². The van der Waals surface area contributed by atoms with Gasteiger partial charge in [-0.05, 0) is 66.6 Å². The molecule has 3 aliphatic heterocycles. The van der Waals surface area contributed by atoms with Crippen molar-refractivity contribution in [1.82, 2.24) is 14.5 Å². The number of likely N-dealkylation sites (tertiary alicyclic amines) is 1. The molecule has 43 heavy (non-hydrogen) atoms. The van der Waals surface area contributed by atoms with Gasteiger partial charge in [-0.2, -0.15) is 0 Å². The summed E-state index contributed by atoms with van der Waals surface area (Å²) < 4.78 is 23.3. The molecule has 1 N–H and O–H groups in total. The van der Waals surface area contributed by atoms with Crippen LogP contribution < -0.4 is 5.32 Å². The Kier molecular flexibility index (Phi) is 6.16. The number of ether oxygens (including phenoxy) is 1. The summed E-state index contributed by atoms with van der Waals surface area (Å²) in [4.78, 5) is 34.1. The molecule has 4 aliphatic rings. The molecular formula is C33H29Cl2FN4O3. The Labute approximate surface area is 257 Å². The molecule has 220 valence electrons. The zero-order valence-electron chi connectivity index (χ0n) is 23.4. The number of aromatic nitrogens is 2. The number of fused-ring (bicyclic) bond motifs is 7. The summed E-state index contributed by atoms with van der Waals surface area (Å²) in [5, 5.41) is 3.68. The van der Waals surface area contributed by atoms with Gasteiger partial charge < -0.3 is 14.6 Å². The summed E-state index contributed by atoms with van der Waals surface area (Å²) in [6, 6.07) is 16.4. The number of carbonyl (C=O) groups excluding carboxylic acids is 2. The maximum absolute atomic E-state index is 16.2. The minimum absolute atomic E-state index is 0.0244. The molecule has 0 radical (unpaired) electrons. The predicted octanol–water partition coefficient (Wildman–Crippen LogP) is 6.41. The Morgan fingerprint density at radius 3 is 2.77 bits per heavy atom. The molecule has 0 bridgehead atoms. The lowest BCUT2D eigenvalue weighted by molar-refractivity contribution is -0.139. The zero-order valence-corrected chi connectivity index (χ0v) is 25.0. The van der Waals surface area contributed by atoms with Crippen molar-refractivity contribution in [3.8, 4) is 0 Å². The molecule has 7 nitrogen and oxygen atoms in total. The maximum atomic E-state index is 16.2. The first-order valence-electron chi connectivity index (χ1n) is 14.7. The highest BCUT2D eigenvalue weighted by Crippen LogP contribution is 2.64. The Hall–Kier alpha value is -3.46. The molecule has 1 aromatic heterocycles. The molecule has 1 amide bonds. The Balaban J connectivity index is 1.38. The van der Waals surface area contributed by atoms with E-state index in [0.717, 1.165) is 53.8 Å². The van der Waals surface area contributed by atoms with Crippen LogP contribution in [0.2, 0.25) is 10.0 Å². The van der Waals surface area contributed by atoms with Crippen molar-refractivity contribution in [2.45, 2.75) is 55.6 Å². The van der Waals surface area contributed by atoms with Crippen molar-refractivity contribution >= 4 is 51.8 Å². The van der Waals surface area contributed by atoms with Crippen molar-refractivity contribution in [2.75, 3.05) is 19.0 Å². The number of nitrogens with one attached hydrogen (secondary N) is 1. The largest absolute Gasteiger partial charge is 0.469 e. The molecule has 2 fully saturated rings. The third-order valence-corrected chi connectivity index (χ3v) is 10.4. The zero-order chi connectivity index (χ0) is 29.6. The molecule has 1 spiro atoms. The van der Waals surface area contributed by atoms with Crippen molar-refractivity contribution < 1.29 is 18.7 Å². The lowest BCUT2D eigenvalue weighted by Gasteiger charge is -2.40. The highest BCUT2D eigenvalue weighted by molar-refractivity contribution is 6.31. The number of rotatable bonds is 5. The quantitative estimate of drug-likeness (QED) is 0.262. The number of methoxy groups -OCH3 is 1. The molecule has 10 heteroatoms. The third kappa shape index (κ3) is 3.92. The lowest BCUT2D eigenvalue weighted by atomic mass is 9.70. The van der Waals surface area contributed by atoms with Gasteiger partial charge in [-0.15, -0.1) is 0 Å². The number of amides is 1. The number of nitrogens with zero attached hydrogens (tertiary/aromatic N) is 3. The summed E-state index contributed by atoms with van der Waals surface area (Å²) in [7, 11) is 1.38. The van der Waals surface area contributed by atoms with Crippen LogP contribution in [0.4, 0.5) is 10.1 Å². The molecule has 8 rings (SSSR count). The number of aryl methyl sites for hydroxylation is 1. The first-order chi connectivity index (χ1) is 20.8. The summed E-state index contributed by atoms with van der Waals surface area (Å²) in [5.41, 5.74) is 3.22. The van der Waals surface area contributed by atoms with Gasteiger partial charge in [0.05, 0.1) is 29.6 Å². The number of halogens is 3. The van der Waals surface area contributed by atoms with Crippen LogP contribution in [0.25, 0.3) is 11.0 Å². The monoisotopic (exact) mass is 618 g/mol. The second-order valence-corrected chi connectivity index (χ2v) is 13.0. The first-order valence-corrected chi connectivity index (χ1v) is 15.4.